The topological polar surface area (TPSA) is 24.5 Å². The van der Waals surface area contributed by atoms with Crippen LogP contribution in [0.15, 0.2) is 24.3 Å². The summed E-state index contributed by atoms with van der Waals surface area (Å²) in [6, 6.07) is 8.80. The minimum Gasteiger partial charge on any atom is -0.497 e. The van der Waals surface area contributed by atoms with Gasteiger partial charge in [-0.15, -0.1) is 0 Å². The second-order valence-electron chi connectivity index (χ2n) is 7.23. The van der Waals surface area contributed by atoms with Gasteiger partial charge in [0.05, 0.1) is 7.11 Å². The largest absolute Gasteiger partial charge is 0.497 e. The lowest BCUT2D eigenvalue weighted by Crippen LogP contribution is -2.33. The lowest BCUT2D eigenvalue weighted by atomic mass is 9.80. The van der Waals surface area contributed by atoms with Gasteiger partial charge in [0.15, 0.2) is 0 Å². The fraction of sp³-hybridized carbons (Fsp3) is 0.667. The molecule has 0 amide bonds. The average Bonchev–Trinajstić information content (AvgIpc) is 2.93. The van der Waals surface area contributed by atoms with Crippen LogP contribution in [0.3, 0.4) is 0 Å². The third-order valence-electron chi connectivity index (χ3n) is 4.80. The summed E-state index contributed by atoms with van der Waals surface area (Å²) < 4.78 is 5.24. The number of rotatable bonds is 5. The van der Waals surface area contributed by atoms with Gasteiger partial charge in [-0.1, -0.05) is 32.9 Å². The maximum absolute atomic E-state index is 5.24. The predicted octanol–water partition coefficient (Wildman–Crippen LogP) is 3.32. The van der Waals surface area contributed by atoms with Gasteiger partial charge in [0.2, 0.25) is 0 Å². The van der Waals surface area contributed by atoms with Crippen LogP contribution in [0, 0.1) is 11.3 Å². The fourth-order valence-corrected chi connectivity index (χ4v) is 3.16. The van der Waals surface area contributed by atoms with Crippen molar-refractivity contribution in [2.45, 2.75) is 33.2 Å². The van der Waals surface area contributed by atoms with Gasteiger partial charge < -0.3 is 15.0 Å². The highest BCUT2D eigenvalue weighted by Crippen LogP contribution is 2.34. The van der Waals surface area contributed by atoms with Gasteiger partial charge in [-0.2, -0.15) is 0 Å². The molecular weight excluding hydrogens is 260 g/mol. The zero-order valence-corrected chi connectivity index (χ0v) is 14.1. The summed E-state index contributed by atoms with van der Waals surface area (Å²) in [6.07, 6.45) is 1.32. The lowest BCUT2D eigenvalue weighted by Gasteiger charge is -2.28. The Kier molecular flexibility index (Phi) is 5.28. The summed E-state index contributed by atoms with van der Waals surface area (Å²) >= 11 is 0. The number of nitrogens with one attached hydrogen (secondary N) is 1. The molecule has 0 aromatic heterocycles. The number of ether oxygens (including phenoxy) is 1. The minimum absolute atomic E-state index is 0.384. The van der Waals surface area contributed by atoms with Crippen molar-refractivity contribution >= 4 is 0 Å². The quantitative estimate of drug-likeness (QED) is 0.900. The lowest BCUT2D eigenvalue weighted by molar-refractivity contribution is 0.221. The first-order valence-electron chi connectivity index (χ1n) is 7.97. The standard InChI is InChI=1S/C18H30N2O/c1-18(2,3)15-10-11-20(12-15)13-17(19-4)14-6-8-16(21-5)9-7-14/h6-9,15,17,19H,10-13H2,1-5H3. The van der Waals surface area contributed by atoms with Gasteiger partial charge in [-0.3, -0.25) is 0 Å². The average molecular weight is 290 g/mol. The number of hydrogen-bond donors (Lipinski definition) is 1. The molecule has 1 aliphatic rings. The van der Waals surface area contributed by atoms with Gasteiger partial charge in [0.25, 0.3) is 0 Å². The van der Waals surface area contributed by atoms with Crippen molar-refractivity contribution < 1.29 is 4.74 Å². The van der Waals surface area contributed by atoms with E-state index in [9.17, 15) is 0 Å². The van der Waals surface area contributed by atoms with E-state index < -0.39 is 0 Å². The number of hydrogen-bond acceptors (Lipinski definition) is 3. The van der Waals surface area contributed by atoms with E-state index in [1.807, 2.05) is 19.2 Å². The van der Waals surface area contributed by atoms with Crippen LogP contribution in [0.25, 0.3) is 0 Å². The van der Waals surface area contributed by atoms with E-state index in [4.69, 9.17) is 4.74 Å². The molecule has 3 nitrogen and oxygen atoms in total. The van der Waals surface area contributed by atoms with Crippen molar-refractivity contribution in [1.82, 2.24) is 10.2 Å². The zero-order valence-electron chi connectivity index (χ0n) is 14.1. The molecule has 2 unspecified atom stereocenters. The predicted molar refractivity (Wildman–Crippen MR) is 88.8 cm³/mol. The van der Waals surface area contributed by atoms with Crippen molar-refractivity contribution in [2.24, 2.45) is 11.3 Å². The van der Waals surface area contributed by atoms with Crippen LogP contribution in [0.5, 0.6) is 5.75 Å². The van der Waals surface area contributed by atoms with Gasteiger partial charge >= 0.3 is 0 Å². The molecule has 1 saturated heterocycles. The Balaban J connectivity index is 1.96. The van der Waals surface area contributed by atoms with E-state index in [-0.39, 0.29) is 0 Å². The van der Waals surface area contributed by atoms with Crippen molar-refractivity contribution in [3.63, 3.8) is 0 Å². The molecule has 1 fully saturated rings. The molecule has 0 aliphatic carbocycles. The summed E-state index contributed by atoms with van der Waals surface area (Å²) in [7, 11) is 3.76. The fourth-order valence-electron chi connectivity index (χ4n) is 3.16. The van der Waals surface area contributed by atoms with E-state index in [2.05, 4.69) is 43.1 Å². The Bertz CT molecular complexity index is 436. The molecule has 2 atom stereocenters. The number of likely N-dealkylation sites (N-methyl/N-ethyl adjacent to an activating group) is 1. The van der Waals surface area contributed by atoms with Gasteiger partial charge in [0.1, 0.15) is 5.75 Å². The first kappa shape index (κ1) is 16.3. The molecule has 3 heteroatoms. The molecule has 0 radical (unpaired) electrons. The SMILES string of the molecule is CNC(CN1CCC(C(C)(C)C)C1)c1ccc(OC)cc1. The highest BCUT2D eigenvalue weighted by molar-refractivity contribution is 5.29. The monoisotopic (exact) mass is 290 g/mol. The maximum atomic E-state index is 5.24. The van der Waals surface area contributed by atoms with Crippen LogP contribution in [0.4, 0.5) is 0 Å². The van der Waals surface area contributed by atoms with E-state index in [1.165, 1.54) is 25.1 Å². The van der Waals surface area contributed by atoms with Gasteiger partial charge in [-0.05, 0) is 49.0 Å². The van der Waals surface area contributed by atoms with E-state index in [1.54, 1.807) is 7.11 Å². The molecule has 2 rings (SSSR count). The number of nitrogens with zero attached hydrogens (tertiary/aromatic N) is 1. The second-order valence-corrected chi connectivity index (χ2v) is 7.23. The summed E-state index contributed by atoms with van der Waals surface area (Å²) in [6.45, 7) is 10.6. The van der Waals surface area contributed by atoms with Crippen LogP contribution < -0.4 is 10.1 Å². The molecule has 21 heavy (non-hydrogen) atoms. The number of methoxy groups -OCH3 is 1. The summed E-state index contributed by atoms with van der Waals surface area (Å²) in [4.78, 5) is 2.60. The van der Waals surface area contributed by atoms with Crippen molar-refractivity contribution in [2.75, 3.05) is 33.8 Å². The van der Waals surface area contributed by atoms with Crippen LogP contribution in [-0.4, -0.2) is 38.7 Å². The Morgan fingerprint density at radius 3 is 2.43 bits per heavy atom. The van der Waals surface area contributed by atoms with Crippen LogP contribution >= 0.6 is 0 Å². The molecule has 0 saturated carbocycles. The summed E-state index contributed by atoms with van der Waals surface area (Å²) in [5, 5.41) is 3.45. The first-order chi connectivity index (χ1) is 9.94. The molecule has 1 aromatic rings. The van der Waals surface area contributed by atoms with Gasteiger partial charge in [-0.25, -0.2) is 0 Å². The Hall–Kier alpha value is -1.06. The van der Waals surface area contributed by atoms with Crippen LogP contribution in [-0.2, 0) is 0 Å². The van der Waals surface area contributed by atoms with Crippen molar-refractivity contribution in [1.29, 1.82) is 0 Å². The van der Waals surface area contributed by atoms with Crippen LogP contribution in [0.1, 0.15) is 38.8 Å². The molecule has 1 aliphatic heterocycles. The second kappa shape index (κ2) is 6.80. The van der Waals surface area contributed by atoms with Gasteiger partial charge in [0, 0.05) is 19.1 Å². The Morgan fingerprint density at radius 2 is 1.95 bits per heavy atom. The van der Waals surface area contributed by atoms with E-state index in [0.717, 1.165) is 18.2 Å². The molecule has 1 aromatic carbocycles. The number of likely N-dealkylation sites (tertiary alicyclic amines) is 1. The maximum Gasteiger partial charge on any atom is 0.118 e. The molecule has 0 spiro atoms. The van der Waals surface area contributed by atoms with Crippen molar-refractivity contribution in [3.05, 3.63) is 29.8 Å². The van der Waals surface area contributed by atoms with Crippen LogP contribution in [0.2, 0.25) is 0 Å². The first-order valence-corrected chi connectivity index (χ1v) is 7.97. The molecule has 1 N–H and O–H groups in total. The molecular formula is C18H30N2O. The third-order valence-corrected chi connectivity index (χ3v) is 4.80. The summed E-state index contributed by atoms with van der Waals surface area (Å²) in [5.74, 6) is 1.73. The molecule has 1 heterocycles. The minimum atomic E-state index is 0.384. The smallest absolute Gasteiger partial charge is 0.118 e. The third kappa shape index (κ3) is 4.21. The Morgan fingerprint density at radius 1 is 1.29 bits per heavy atom. The molecule has 0 bridgehead atoms. The van der Waals surface area contributed by atoms with Crippen molar-refractivity contribution in [3.8, 4) is 5.75 Å². The summed E-state index contributed by atoms with van der Waals surface area (Å²) in [5.41, 5.74) is 1.75. The number of benzene rings is 1. The zero-order chi connectivity index (χ0) is 15.5. The van der Waals surface area contributed by atoms with E-state index >= 15 is 0 Å². The van der Waals surface area contributed by atoms with E-state index in [0.29, 0.717) is 11.5 Å². The highest BCUT2D eigenvalue weighted by atomic mass is 16.5. The molecule has 118 valence electrons. The Labute approximate surface area is 129 Å². The normalized spacial score (nSPS) is 21.5. The highest BCUT2D eigenvalue weighted by Gasteiger charge is 2.32.